The van der Waals surface area contributed by atoms with Crippen LogP contribution in [0.2, 0.25) is 0 Å². The molecule has 1 amide bonds. The molecule has 0 bridgehead atoms. The molecular weight excluding hydrogens is 396 g/mol. The molecule has 9 heteroatoms. The van der Waals surface area contributed by atoms with Crippen LogP contribution in [-0.4, -0.2) is 62.8 Å². The number of sulfonamides is 1. The first-order valence-electron chi connectivity index (χ1n) is 9.00. The molecule has 0 N–H and O–H groups in total. The number of ether oxygens (including phenoxy) is 1. The lowest BCUT2D eigenvalue weighted by Crippen LogP contribution is -2.50. The molecule has 1 aliphatic heterocycles. The number of carbonyl (C=O) groups excluding carboxylic acids is 2. The lowest BCUT2D eigenvalue weighted by atomic mass is 10.1. The van der Waals surface area contributed by atoms with E-state index in [1.54, 1.807) is 31.2 Å². The smallest absolute Gasteiger partial charge is 0.254 e. The predicted molar refractivity (Wildman–Crippen MR) is 103 cm³/mol. The molecule has 1 aliphatic rings. The van der Waals surface area contributed by atoms with Gasteiger partial charge in [0, 0.05) is 37.3 Å². The van der Waals surface area contributed by atoms with E-state index in [4.69, 9.17) is 4.74 Å². The molecule has 0 saturated carbocycles. The highest BCUT2D eigenvalue weighted by Crippen LogP contribution is 2.28. The van der Waals surface area contributed by atoms with Crippen LogP contribution in [0.5, 0.6) is 5.75 Å². The Morgan fingerprint density at radius 3 is 2.21 bits per heavy atom. The summed E-state index contributed by atoms with van der Waals surface area (Å²) in [6.45, 7) is 2.28. The van der Waals surface area contributed by atoms with Gasteiger partial charge in [-0.1, -0.05) is 24.3 Å². The number of carbonyl (C=O) groups is 2. The summed E-state index contributed by atoms with van der Waals surface area (Å²) in [5.41, 5.74) is 0.637. The second kappa shape index (κ2) is 8.22. The van der Waals surface area contributed by atoms with Crippen molar-refractivity contribution in [1.29, 1.82) is 0 Å². The molecule has 154 valence electrons. The summed E-state index contributed by atoms with van der Waals surface area (Å²) in [5, 5.41) is 11.3. The highest BCUT2D eigenvalue weighted by molar-refractivity contribution is 7.89. The number of hydrogen-bond acceptors (Lipinski definition) is 6. The van der Waals surface area contributed by atoms with E-state index in [2.05, 4.69) is 0 Å². The van der Waals surface area contributed by atoms with E-state index in [0.717, 1.165) is 5.56 Å². The molecular formula is C20H21N2O6S-. The Balaban J connectivity index is 1.78. The van der Waals surface area contributed by atoms with E-state index >= 15 is 0 Å². The van der Waals surface area contributed by atoms with E-state index in [-0.39, 0.29) is 48.0 Å². The summed E-state index contributed by atoms with van der Waals surface area (Å²) in [4.78, 5) is 25.5. The minimum Gasteiger partial charge on any atom is -0.545 e. The molecule has 2 aromatic carbocycles. The third-order valence-corrected chi connectivity index (χ3v) is 6.76. The molecule has 0 aromatic heterocycles. The van der Waals surface area contributed by atoms with Crippen LogP contribution in [0, 0.1) is 6.92 Å². The van der Waals surface area contributed by atoms with Gasteiger partial charge in [-0.3, -0.25) is 4.79 Å². The molecule has 3 rings (SSSR count). The van der Waals surface area contributed by atoms with Crippen LogP contribution < -0.4 is 9.84 Å². The van der Waals surface area contributed by atoms with Crippen LogP contribution in [0.4, 0.5) is 0 Å². The number of rotatable bonds is 5. The van der Waals surface area contributed by atoms with Crippen molar-refractivity contribution in [1.82, 2.24) is 9.21 Å². The van der Waals surface area contributed by atoms with Crippen LogP contribution in [0.25, 0.3) is 0 Å². The Hall–Kier alpha value is -2.91. The molecule has 0 radical (unpaired) electrons. The fourth-order valence-electron chi connectivity index (χ4n) is 3.27. The lowest BCUT2D eigenvalue weighted by molar-refractivity contribution is -0.255. The molecule has 29 heavy (non-hydrogen) atoms. The number of hydrogen-bond donors (Lipinski definition) is 0. The maximum Gasteiger partial charge on any atom is 0.254 e. The third kappa shape index (κ3) is 4.10. The van der Waals surface area contributed by atoms with Gasteiger partial charge in [-0.15, -0.1) is 0 Å². The zero-order chi connectivity index (χ0) is 21.2. The number of carboxylic acids is 1. The van der Waals surface area contributed by atoms with Crippen LogP contribution >= 0.6 is 0 Å². The Labute approximate surface area is 169 Å². The summed E-state index contributed by atoms with van der Waals surface area (Å²) < 4.78 is 32.6. The number of aryl methyl sites for hydroxylation is 1. The van der Waals surface area contributed by atoms with Crippen molar-refractivity contribution in [2.75, 3.05) is 33.3 Å². The third-order valence-electron chi connectivity index (χ3n) is 4.84. The fraction of sp³-hybridized carbons (Fsp3) is 0.300. The topological polar surface area (TPSA) is 107 Å². The van der Waals surface area contributed by atoms with E-state index in [1.165, 1.54) is 34.5 Å². The average molecular weight is 417 g/mol. The van der Waals surface area contributed by atoms with E-state index in [9.17, 15) is 23.1 Å². The molecule has 0 spiro atoms. The summed E-state index contributed by atoms with van der Waals surface area (Å²) in [6, 6.07) is 10.8. The van der Waals surface area contributed by atoms with E-state index < -0.39 is 21.9 Å². The van der Waals surface area contributed by atoms with Crippen LogP contribution in [0.15, 0.2) is 47.4 Å². The number of piperazine rings is 1. The standard InChI is InChI=1S/C20H22N2O6S/c1-14-7-8-17(28-2)18(13-14)29(26,27)22-11-9-21(10-12-22)19(23)15-5-3-4-6-16(15)20(24)25/h3-8,13H,9-12H2,1-2H3,(H,24,25)/p-1. The van der Waals surface area contributed by atoms with Crippen molar-refractivity contribution in [3.05, 3.63) is 59.2 Å². The van der Waals surface area contributed by atoms with Gasteiger partial charge in [0.25, 0.3) is 5.91 Å². The monoisotopic (exact) mass is 417 g/mol. The van der Waals surface area contributed by atoms with Crippen LogP contribution in [-0.2, 0) is 10.0 Å². The van der Waals surface area contributed by atoms with Crippen molar-refractivity contribution in [2.45, 2.75) is 11.8 Å². The van der Waals surface area contributed by atoms with Gasteiger partial charge in [0.1, 0.15) is 10.6 Å². The number of nitrogens with zero attached hydrogens (tertiary/aromatic N) is 2. The SMILES string of the molecule is COc1ccc(C)cc1S(=O)(=O)N1CCN(C(=O)c2ccccc2C(=O)[O-])CC1. The number of methoxy groups -OCH3 is 1. The van der Waals surface area contributed by atoms with Gasteiger partial charge >= 0.3 is 0 Å². The van der Waals surface area contributed by atoms with Gasteiger partial charge in [-0.2, -0.15) is 4.31 Å². The highest BCUT2D eigenvalue weighted by atomic mass is 32.2. The second-order valence-corrected chi connectivity index (χ2v) is 8.59. The number of aromatic carboxylic acids is 1. The first-order chi connectivity index (χ1) is 13.8. The Bertz CT molecular complexity index is 1040. The minimum atomic E-state index is -3.80. The number of amides is 1. The summed E-state index contributed by atoms with van der Waals surface area (Å²) in [7, 11) is -2.38. The number of benzene rings is 2. The van der Waals surface area contributed by atoms with Crippen molar-refractivity contribution >= 4 is 21.9 Å². The van der Waals surface area contributed by atoms with Crippen LogP contribution in [0.3, 0.4) is 0 Å². The van der Waals surface area contributed by atoms with Crippen molar-refractivity contribution in [2.24, 2.45) is 0 Å². The Morgan fingerprint density at radius 1 is 1.00 bits per heavy atom. The van der Waals surface area contributed by atoms with Gasteiger partial charge in [0.2, 0.25) is 10.0 Å². The van der Waals surface area contributed by atoms with Gasteiger partial charge in [0.05, 0.1) is 13.1 Å². The highest BCUT2D eigenvalue weighted by Gasteiger charge is 2.32. The molecule has 0 unspecified atom stereocenters. The zero-order valence-corrected chi connectivity index (χ0v) is 16.9. The Morgan fingerprint density at radius 2 is 1.62 bits per heavy atom. The normalized spacial score (nSPS) is 15.2. The van der Waals surface area contributed by atoms with Crippen molar-refractivity contribution in [3.8, 4) is 5.75 Å². The zero-order valence-electron chi connectivity index (χ0n) is 16.1. The molecule has 1 saturated heterocycles. The number of carboxylic acid groups (broad SMARTS) is 1. The molecule has 0 atom stereocenters. The molecule has 2 aromatic rings. The molecule has 1 heterocycles. The van der Waals surface area contributed by atoms with E-state index in [1.807, 2.05) is 0 Å². The fourth-order valence-corrected chi connectivity index (χ4v) is 4.94. The first kappa shape index (κ1) is 20.8. The largest absolute Gasteiger partial charge is 0.545 e. The van der Waals surface area contributed by atoms with Gasteiger partial charge < -0.3 is 19.5 Å². The van der Waals surface area contributed by atoms with Gasteiger partial charge in [0.15, 0.2) is 0 Å². The van der Waals surface area contributed by atoms with Crippen LogP contribution in [0.1, 0.15) is 26.3 Å². The average Bonchev–Trinajstić information content (AvgIpc) is 2.73. The second-order valence-electron chi connectivity index (χ2n) is 6.68. The first-order valence-corrected chi connectivity index (χ1v) is 10.4. The molecule has 0 aliphatic carbocycles. The quantitative estimate of drug-likeness (QED) is 0.702. The molecule has 8 nitrogen and oxygen atoms in total. The summed E-state index contributed by atoms with van der Waals surface area (Å²) >= 11 is 0. The van der Waals surface area contributed by atoms with Gasteiger partial charge in [-0.25, -0.2) is 8.42 Å². The van der Waals surface area contributed by atoms with Crippen molar-refractivity contribution < 1.29 is 27.9 Å². The van der Waals surface area contributed by atoms with Gasteiger partial charge in [-0.05, 0) is 30.7 Å². The van der Waals surface area contributed by atoms with E-state index in [0.29, 0.717) is 0 Å². The lowest BCUT2D eigenvalue weighted by Gasteiger charge is -2.34. The minimum absolute atomic E-state index is 0.0316. The van der Waals surface area contributed by atoms with Crippen molar-refractivity contribution in [3.63, 3.8) is 0 Å². The Kier molecular flexibility index (Phi) is 5.90. The summed E-state index contributed by atoms with van der Waals surface area (Å²) in [6.07, 6.45) is 0. The molecule has 1 fully saturated rings. The maximum absolute atomic E-state index is 13.1. The summed E-state index contributed by atoms with van der Waals surface area (Å²) in [5.74, 6) is -1.63. The maximum atomic E-state index is 13.1. The predicted octanol–water partition coefficient (Wildman–Crippen LogP) is 0.514.